The number of anilines is 1. The lowest BCUT2D eigenvalue weighted by Crippen LogP contribution is -2.33. The van der Waals surface area contributed by atoms with Crippen molar-refractivity contribution in [3.05, 3.63) is 28.8 Å². The van der Waals surface area contributed by atoms with E-state index in [4.69, 9.17) is 16.7 Å². The monoisotopic (exact) mass is 268 g/mol. The number of carboxylic acids is 1. The summed E-state index contributed by atoms with van der Waals surface area (Å²) in [6.45, 7) is 1.39. The largest absolute Gasteiger partial charge is 0.478 e. The van der Waals surface area contributed by atoms with E-state index in [-0.39, 0.29) is 18.0 Å². The minimum absolute atomic E-state index is 0.108. The van der Waals surface area contributed by atoms with Gasteiger partial charge in [0.15, 0.2) is 0 Å². The van der Waals surface area contributed by atoms with Crippen LogP contribution in [0, 0.1) is 0 Å². The summed E-state index contributed by atoms with van der Waals surface area (Å²) in [5.41, 5.74) is 0.654. The maximum absolute atomic E-state index is 11.5. The molecule has 2 rings (SSSR count). The number of nitrogens with one attached hydrogen (secondary N) is 1. The quantitative estimate of drug-likeness (QED) is 0.850. The van der Waals surface area contributed by atoms with Crippen LogP contribution in [0.15, 0.2) is 18.2 Å². The Hall–Kier alpha value is -1.75. The Balaban J connectivity index is 2.38. The van der Waals surface area contributed by atoms with Gasteiger partial charge in [-0.2, -0.15) is 0 Å². The van der Waals surface area contributed by atoms with Gasteiger partial charge >= 0.3 is 5.97 Å². The SMILES string of the molecule is O=C1CN(c2cc(Cl)ccc2C(=O)O)CCCN1. The molecule has 0 saturated carbocycles. The number of carboxylic acid groups (broad SMARTS) is 1. The number of hydrogen-bond acceptors (Lipinski definition) is 3. The summed E-state index contributed by atoms with van der Waals surface area (Å²) in [5.74, 6) is -1.13. The van der Waals surface area contributed by atoms with E-state index in [2.05, 4.69) is 5.32 Å². The molecule has 0 radical (unpaired) electrons. The van der Waals surface area contributed by atoms with Gasteiger partial charge in [-0.15, -0.1) is 0 Å². The minimum atomic E-state index is -1.02. The Morgan fingerprint density at radius 3 is 2.94 bits per heavy atom. The third-order valence-electron chi connectivity index (χ3n) is 2.79. The molecule has 0 bridgehead atoms. The van der Waals surface area contributed by atoms with Crippen molar-refractivity contribution in [2.24, 2.45) is 0 Å². The van der Waals surface area contributed by atoms with Gasteiger partial charge in [0.1, 0.15) is 0 Å². The number of nitrogens with zero attached hydrogens (tertiary/aromatic N) is 1. The van der Waals surface area contributed by atoms with Crippen LogP contribution in [0.4, 0.5) is 5.69 Å². The molecule has 5 nitrogen and oxygen atoms in total. The van der Waals surface area contributed by atoms with E-state index < -0.39 is 5.97 Å². The molecular formula is C12H13ClN2O3. The molecule has 1 aliphatic rings. The van der Waals surface area contributed by atoms with Crippen molar-refractivity contribution in [2.75, 3.05) is 24.5 Å². The van der Waals surface area contributed by atoms with Crippen molar-refractivity contribution in [3.8, 4) is 0 Å². The van der Waals surface area contributed by atoms with Crippen LogP contribution in [0.3, 0.4) is 0 Å². The van der Waals surface area contributed by atoms with Crippen LogP contribution in [-0.2, 0) is 4.79 Å². The van der Waals surface area contributed by atoms with Crippen LogP contribution >= 0.6 is 11.6 Å². The van der Waals surface area contributed by atoms with E-state index in [9.17, 15) is 9.59 Å². The van der Waals surface area contributed by atoms with E-state index in [1.165, 1.54) is 12.1 Å². The molecule has 18 heavy (non-hydrogen) atoms. The number of halogens is 1. The molecule has 1 amide bonds. The predicted molar refractivity (Wildman–Crippen MR) is 68.3 cm³/mol. The van der Waals surface area contributed by atoms with Crippen LogP contribution in [0.25, 0.3) is 0 Å². The second-order valence-electron chi connectivity index (χ2n) is 4.09. The average Bonchev–Trinajstić information content (AvgIpc) is 2.53. The standard InChI is InChI=1S/C12H13ClN2O3/c13-8-2-3-9(12(17)18)10(6-8)15-5-1-4-14-11(16)7-15/h2-3,6H,1,4-5,7H2,(H,14,16)(H,17,18). The highest BCUT2D eigenvalue weighted by Crippen LogP contribution is 2.25. The molecule has 1 aliphatic heterocycles. The van der Waals surface area contributed by atoms with E-state index in [1.54, 1.807) is 11.0 Å². The Morgan fingerprint density at radius 1 is 1.44 bits per heavy atom. The lowest BCUT2D eigenvalue weighted by Gasteiger charge is -2.23. The number of hydrogen-bond donors (Lipinski definition) is 2. The average molecular weight is 269 g/mol. The molecule has 1 fully saturated rings. The van der Waals surface area contributed by atoms with E-state index in [0.717, 1.165) is 6.42 Å². The van der Waals surface area contributed by atoms with E-state index in [0.29, 0.717) is 23.8 Å². The molecule has 0 aromatic heterocycles. The van der Waals surface area contributed by atoms with Gasteiger partial charge in [0.25, 0.3) is 0 Å². The van der Waals surface area contributed by atoms with Crippen molar-refractivity contribution in [1.29, 1.82) is 0 Å². The highest BCUT2D eigenvalue weighted by atomic mass is 35.5. The maximum Gasteiger partial charge on any atom is 0.337 e. The summed E-state index contributed by atoms with van der Waals surface area (Å²) in [7, 11) is 0. The zero-order valence-corrected chi connectivity index (χ0v) is 10.4. The molecule has 1 saturated heterocycles. The molecule has 96 valence electrons. The lowest BCUT2D eigenvalue weighted by molar-refractivity contribution is -0.119. The fraction of sp³-hybridized carbons (Fsp3) is 0.333. The summed E-state index contributed by atoms with van der Waals surface area (Å²) in [4.78, 5) is 24.4. The van der Waals surface area contributed by atoms with Crippen molar-refractivity contribution in [2.45, 2.75) is 6.42 Å². The second-order valence-corrected chi connectivity index (χ2v) is 4.53. The van der Waals surface area contributed by atoms with Crippen LogP contribution in [0.2, 0.25) is 5.02 Å². The predicted octanol–water partition coefficient (Wildman–Crippen LogP) is 1.36. The molecule has 0 aliphatic carbocycles. The molecule has 0 spiro atoms. The smallest absolute Gasteiger partial charge is 0.337 e. The van der Waals surface area contributed by atoms with Crippen LogP contribution < -0.4 is 10.2 Å². The zero-order valence-electron chi connectivity index (χ0n) is 9.65. The fourth-order valence-corrected chi connectivity index (χ4v) is 2.13. The molecule has 0 atom stereocenters. The van der Waals surface area contributed by atoms with Crippen molar-refractivity contribution >= 4 is 29.2 Å². The zero-order chi connectivity index (χ0) is 13.1. The van der Waals surface area contributed by atoms with E-state index >= 15 is 0 Å². The summed E-state index contributed by atoms with van der Waals surface area (Å²) < 4.78 is 0. The van der Waals surface area contributed by atoms with Crippen molar-refractivity contribution in [1.82, 2.24) is 5.32 Å². The van der Waals surface area contributed by atoms with Gasteiger partial charge in [0, 0.05) is 18.1 Å². The summed E-state index contributed by atoms with van der Waals surface area (Å²) in [6.07, 6.45) is 0.775. The number of carbonyl (C=O) groups is 2. The highest BCUT2D eigenvalue weighted by Gasteiger charge is 2.20. The first-order chi connectivity index (χ1) is 8.58. The fourth-order valence-electron chi connectivity index (χ4n) is 1.96. The number of benzene rings is 1. The topological polar surface area (TPSA) is 69.6 Å². The molecule has 6 heteroatoms. The highest BCUT2D eigenvalue weighted by molar-refractivity contribution is 6.31. The van der Waals surface area contributed by atoms with Crippen LogP contribution in [0.5, 0.6) is 0 Å². The summed E-state index contributed by atoms with van der Waals surface area (Å²) in [5, 5.41) is 12.4. The third kappa shape index (κ3) is 2.73. The van der Waals surface area contributed by atoms with Gasteiger partial charge in [-0.3, -0.25) is 4.79 Å². The lowest BCUT2D eigenvalue weighted by atomic mass is 10.1. The number of aromatic carboxylic acids is 1. The first kappa shape index (κ1) is 12.7. The summed E-state index contributed by atoms with van der Waals surface area (Å²) in [6, 6.07) is 4.58. The van der Waals surface area contributed by atoms with Gasteiger partial charge in [-0.05, 0) is 24.6 Å². The molecule has 1 heterocycles. The Morgan fingerprint density at radius 2 is 2.22 bits per heavy atom. The Kier molecular flexibility index (Phi) is 3.72. The van der Waals surface area contributed by atoms with Crippen molar-refractivity contribution in [3.63, 3.8) is 0 Å². The van der Waals surface area contributed by atoms with Crippen molar-refractivity contribution < 1.29 is 14.7 Å². The second kappa shape index (κ2) is 5.27. The van der Waals surface area contributed by atoms with Gasteiger partial charge in [-0.1, -0.05) is 11.6 Å². The molecule has 0 unspecified atom stereocenters. The van der Waals surface area contributed by atoms with Crippen LogP contribution in [0.1, 0.15) is 16.8 Å². The molecule has 1 aromatic carbocycles. The Labute approximate surface area is 109 Å². The third-order valence-corrected chi connectivity index (χ3v) is 3.03. The molecule has 2 N–H and O–H groups in total. The molecule has 1 aromatic rings. The first-order valence-corrected chi connectivity index (χ1v) is 6.00. The Bertz CT molecular complexity index is 490. The minimum Gasteiger partial charge on any atom is -0.478 e. The van der Waals surface area contributed by atoms with Crippen LogP contribution in [-0.4, -0.2) is 36.6 Å². The van der Waals surface area contributed by atoms with Gasteiger partial charge in [0.2, 0.25) is 5.91 Å². The number of carbonyl (C=O) groups excluding carboxylic acids is 1. The van der Waals surface area contributed by atoms with Gasteiger partial charge in [0.05, 0.1) is 17.8 Å². The van der Waals surface area contributed by atoms with E-state index in [1.807, 2.05) is 0 Å². The summed E-state index contributed by atoms with van der Waals surface area (Å²) >= 11 is 5.90. The maximum atomic E-state index is 11.5. The number of rotatable bonds is 2. The van der Waals surface area contributed by atoms with Gasteiger partial charge in [-0.25, -0.2) is 4.79 Å². The normalized spacial score (nSPS) is 16.1. The van der Waals surface area contributed by atoms with Gasteiger partial charge < -0.3 is 15.3 Å². The first-order valence-electron chi connectivity index (χ1n) is 5.62. The number of amides is 1. The molecular weight excluding hydrogens is 256 g/mol.